The number of anilines is 1. The van der Waals surface area contributed by atoms with Crippen molar-refractivity contribution in [3.05, 3.63) is 71.4 Å². The standard InChI is InChI=1S/C32H30N6O2S/c1-17-6-7-21(27-11-10-26(41-27)18(2)39)22-13-25(36-29(17)22)31-30-24(37-38-31)9-8-23(35-30)19-12-20(16-33-15-19)34-28(40)14-32(3,4)5/h6-13,15-16,36H,14H2,1-5H3,(H,34,40)(H,37,38). The van der Waals surface area contributed by atoms with Gasteiger partial charge < -0.3 is 10.3 Å². The monoisotopic (exact) mass is 562 g/mol. The summed E-state index contributed by atoms with van der Waals surface area (Å²) < 4.78 is 0. The molecule has 3 N–H and O–H groups in total. The van der Waals surface area contributed by atoms with Crippen LogP contribution in [0.1, 0.15) is 49.4 Å². The number of hydrogen-bond acceptors (Lipinski definition) is 6. The van der Waals surface area contributed by atoms with Gasteiger partial charge in [0, 0.05) is 39.5 Å². The van der Waals surface area contributed by atoms with Crippen LogP contribution in [0.5, 0.6) is 0 Å². The molecule has 8 nitrogen and oxygen atoms in total. The van der Waals surface area contributed by atoms with Gasteiger partial charge in [-0.25, -0.2) is 4.98 Å². The van der Waals surface area contributed by atoms with E-state index in [1.54, 1.807) is 19.3 Å². The number of nitrogens with one attached hydrogen (secondary N) is 3. The van der Waals surface area contributed by atoms with Gasteiger partial charge in [-0.15, -0.1) is 11.3 Å². The Morgan fingerprint density at radius 3 is 2.61 bits per heavy atom. The normalized spacial score (nSPS) is 11.8. The highest BCUT2D eigenvalue weighted by Crippen LogP contribution is 2.38. The van der Waals surface area contributed by atoms with E-state index in [-0.39, 0.29) is 17.1 Å². The zero-order valence-electron chi connectivity index (χ0n) is 23.5. The molecule has 0 fully saturated rings. The Morgan fingerprint density at radius 1 is 1.02 bits per heavy atom. The Bertz CT molecular complexity index is 1960. The van der Waals surface area contributed by atoms with E-state index in [9.17, 15) is 9.59 Å². The second-order valence-electron chi connectivity index (χ2n) is 11.5. The van der Waals surface area contributed by atoms with Gasteiger partial charge in [0.15, 0.2) is 5.78 Å². The number of amides is 1. The van der Waals surface area contributed by atoms with Crippen LogP contribution in [0, 0.1) is 12.3 Å². The Hall–Kier alpha value is -4.63. The van der Waals surface area contributed by atoms with Crippen LogP contribution in [0.4, 0.5) is 5.69 Å². The lowest BCUT2D eigenvalue weighted by Gasteiger charge is -2.17. The smallest absolute Gasteiger partial charge is 0.224 e. The molecular formula is C32H30N6O2S. The van der Waals surface area contributed by atoms with Gasteiger partial charge in [0.25, 0.3) is 0 Å². The number of carbonyl (C=O) groups is 2. The van der Waals surface area contributed by atoms with Crippen LogP contribution in [0.3, 0.4) is 0 Å². The highest BCUT2D eigenvalue weighted by atomic mass is 32.1. The minimum Gasteiger partial charge on any atom is -0.353 e. The molecule has 1 amide bonds. The molecule has 0 aliphatic rings. The van der Waals surface area contributed by atoms with Gasteiger partial charge in [-0.2, -0.15) is 5.10 Å². The molecule has 5 aromatic heterocycles. The van der Waals surface area contributed by atoms with E-state index < -0.39 is 0 Å². The fourth-order valence-corrected chi connectivity index (χ4v) is 5.90. The number of benzene rings is 1. The van der Waals surface area contributed by atoms with Crippen molar-refractivity contribution >= 4 is 50.7 Å². The van der Waals surface area contributed by atoms with Gasteiger partial charge in [0.2, 0.25) is 5.91 Å². The predicted octanol–water partition coefficient (Wildman–Crippen LogP) is 7.78. The Kier molecular flexibility index (Phi) is 6.54. The number of fused-ring (bicyclic) bond motifs is 2. The number of pyridine rings is 2. The van der Waals surface area contributed by atoms with Gasteiger partial charge in [-0.3, -0.25) is 19.7 Å². The maximum atomic E-state index is 12.5. The second-order valence-corrected chi connectivity index (χ2v) is 12.6. The number of thiophene rings is 1. The third-order valence-electron chi connectivity index (χ3n) is 6.89. The number of nitrogens with zero attached hydrogens (tertiary/aromatic N) is 3. The second kappa shape index (κ2) is 10.1. The van der Waals surface area contributed by atoms with Gasteiger partial charge >= 0.3 is 0 Å². The topological polar surface area (TPSA) is 116 Å². The lowest BCUT2D eigenvalue weighted by Crippen LogP contribution is -2.19. The van der Waals surface area contributed by atoms with E-state index in [0.717, 1.165) is 59.8 Å². The molecule has 0 aliphatic heterocycles. The van der Waals surface area contributed by atoms with Crippen molar-refractivity contribution in [1.82, 2.24) is 25.1 Å². The van der Waals surface area contributed by atoms with Gasteiger partial charge in [0.05, 0.1) is 33.7 Å². The molecule has 0 saturated carbocycles. The number of H-pyrrole nitrogens is 2. The van der Waals surface area contributed by atoms with Crippen molar-refractivity contribution in [2.24, 2.45) is 5.41 Å². The molecule has 5 heterocycles. The number of aromatic nitrogens is 5. The van der Waals surface area contributed by atoms with Crippen LogP contribution in [-0.4, -0.2) is 36.8 Å². The van der Waals surface area contributed by atoms with Gasteiger partial charge in [0.1, 0.15) is 11.2 Å². The van der Waals surface area contributed by atoms with Crippen molar-refractivity contribution in [1.29, 1.82) is 0 Å². The number of rotatable bonds is 6. The maximum Gasteiger partial charge on any atom is 0.224 e. The van der Waals surface area contributed by atoms with E-state index >= 15 is 0 Å². The summed E-state index contributed by atoms with van der Waals surface area (Å²) in [7, 11) is 0. The number of ketones is 1. The largest absolute Gasteiger partial charge is 0.353 e. The molecule has 41 heavy (non-hydrogen) atoms. The maximum absolute atomic E-state index is 12.5. The summed E-state index contributed by atoms with van der Waals surface area (Å²) in [4.78, 5) is 39.0. The molecule has 206 valence electrons. The first kappa shape index (κ1) is 26.6. The van der Waals surface area contributed by atoms with E-state index in [1.165, 1.54) is 11.3 Å². The van der Waals surface area contributed by atoms with Crippen LogP contribution >= 0.6 is 11.3 Å². The molecule has 6 aromatic rings. The van der Waals surface area contributed by atoms with Crippen molar-refractivity contribution < 1.29 is 9.59 Å². The minimum atomic E-state index is -0.109. The summed E-state index contributed by atoms with van der Waals surface area (Å²) in [5.74, 6) is 0.0165. The molecular weight excluding hydrogens is 532 g/mol. The molecule has 0 bridgehead atoms. The molecule has 0 atom stereocenters. The predicted molar refractivity (Wildman–Crippen MR) is 165 cm³/mol. The van der Waals surface area contributed by atoms with Crippen LogP contribution in [0.2, 0.25) is 0 Å². The molecule has 9 heteroatoms. The van der Waals surface area contributed by atoms with Gasteiger partial charge in [-0.1, -0.05) is 32.9 Å². The van der Waals surface area contributed by atoms with Crippen LogP contribution < -0.4 is 5.32 Å². The van der Waals surface area contributed by atoms with Crippen molar-refractivity contribution in [3.8, 4) is 33.1 Å². The molecule has 0 radical (unpaired) electrons. The summed E-state index contributed by atoms with van der Waals surface area (Å²) in [6, 6.07) is 15.9. The Balaban J connectivity index is 1.38. The third-order valence-corrected chi connectivity index (χ3v) is 8.11. The molecule has 0 spiro atoms. The van der Waals surface area contributed by atoms with Crippen LogP contribution in [0.15, 0.2) is 60.9 Å². The SMILES string of the molecule is CC(=O)c1ccc(-c2ccc(C)c3[nH]c(-c4n[nH]c5ccc(-c6cncc(NC(=O)CC(C)(C)C)c6)nc45)cc23)s1. The van der Waals surface area contributed by atoms with Crippen LogP contribution in [-0.2, 0) is 4.79 Å². The van der Waals surface area contributed by atoms with Crippen LogP contribution in [0.25, 0.3) is 55.0 Å². The average molecular weight is 563 g/mol. The molecule has 0 saturated heterocycles. The zero-order valence-corrected chi connectivity index (χ0v) is 24.4. The molecule has 0 unspecified atom stereocenters. The van der Waals surface area contributed by atoms with E-state index in [1.807, 2.05) is 51.1 Å². The highest BCUT2D eigenvalue weighted by molar-refractivity contribution is 7.17. The molecule has 6 rings (SSSR count). The first-order valence-corrected chi connectivity index (χ1v) is 14.2. The number of aromatic amines is 2. The molecule has 1 aromatic carbocycles. The van der Waals surface area contributed by atoms with E-state index in [2.05, 4.69) is 50.6 Å². The van der Waals surface area contributed by atoms with E-state index in [4.69, 9.17) is 4.98 Å². The Morgan fingerprint density at radius 2 is 1.85 bits per heavy atom. The van der Waals surface area contributed by atoms with Crippen molar-refractivity contribution in [3.63, 3.8) is 0 Å². The third kappa shape index (κ3) is 5.28. The lowest BCUT2D eigenvalue weighted by molar-refractivity contribution is -0.117. The average Bonchev–Trinajstić information content (AvgIpc) is 3.66. The minimum absolute atomic E-state index is 0.0504. The molecule has 0 aliphatic carbocycles. The van der Waals surface area contributed by atoms with Crippen molar-refractivity contribution in [2.45, 2.75) is 41.0 Å². The number of hydrogen-bond donors (Lipinski definition) is 3. The van der Waals surface area contributed by atoms with Gasteiger partial charge in [-0.05, 0) is 61.2 Å². The summed E-state index contributed by atoms with van der Waals surface area (Å²) in [6.07, 6.45) is 3.79. The number of carbonyl (C=O) groups excluding carboxylic acids is 2. The first-order chi connectivity index (χ1) is 19.6. The fraction of sp³-hybridized carbons (Fsp3) is 0.219. The number of Topliss-reactive ketones (excluding diaryl/α,β-unsaturated/α-hetero) is 1. The number of aryl methyl sites for hydroxylation is 1. The fourth-order valence-electron chi connectivity index (χ4n) is 4.96. The summed E-state index contributed by atoms with van der Waals surface area (Å²) >= 11 is 1.50. The lowest BCUT2D eigenvalue weighted by atomic mass is 9.92. The highest BCUT2D eigenvalue weighted by Gasteiger charge is 2.19. The summed E-state index contributed by atoms with van der Waals surface area (Å²) in [6.45, 7) is 9.76. The quantitative estimate of drug-likeness (QED) is 0.179. The summed E-state index contributed by atoms with van der Waals surface area (Å²) in [5, 5.41) is 11.7. The van der Waals surface area contributed by atoms with Crippen molar-refractivity contribution in [2.75, 3.05) is 5.32 Å². The van der Waals surface area contributed by atoms with E-state index in [0.29, 0.717) is 17.8 Å². The summed E-state index contributed by atoms with van der Waals surface area (Å²) in [5.41, 5.74) is 8.33. The Labute approximate surface area is 241 Å². The first-order valence-electron chi connectivity index (χ1n) is 13.4. The zero-order chi connectivity index (χ0) is 28.9.